The predicted octanol–water partition coefficient (Wildman–Crippen LogP) is 6.73. The van der Waals surface area contributed by atoms with Crippen LogP contribution in [0.2, 0.25) is 0 Å². The fourth-order valence-corrected chi connectivity index (χ4v) is 5.24. The van der Waals surface area contributed by atoms with Crippen molar-refractivity contribution in [1.82, 2.24) is 4.90 Å². The van der Waals surface area contributed by atoms with Gasteiger partial charge in [0.1, 0.15) is 6.29 Å². The molecule has 1 amide bonds. The van der Waals surface area contributed by atoms with E-state index in [9.17, 15) is 9.59 Å². The van der Waals surface area contributed by atoms with E-state index in [1.54, 1.807) is 37.3 Å². The van der Waals surface area contributed by atoms with Crippen LogP contribution in [0.5, 0.6) is 23.0 Å². The summed E-state index contributed by atoms with van der Waals surface area (Å²) in [7, 11) is 3.13. The number of rotatable bonds is 12. The second-order valence-corrected chi connectivity index (χ2v) is 10.5. The molecule has 0 aromatic heterocycles. The van der Waals surface area contributed by atoms with E-state index in [1.807, 2.05) is 31.5 Å². The number of methoxy groups -OCH3 is 2. The lowest BCUT2D eigenvalue weighted by Gasteiger charge is -2.19. The van der Waals surface area contributed by atoms with Gasteiger partial charge >= 0.3 is 0 Å². The number of unbranched alkanes of at least 4 members (excludes halogenated alkanes) is 2. The molecule has 0 N–H and O–H groups in total. The maximum atomic E-state index is 13.6. The van der Waals surface area contributed by atoms with Crippen molar-refractivity contribution >= 4 is 29.7 Å². The lowest BCUT2D eigenvalue weighted by Crippen LogP contribution is -2.32. The standard InChI is InChI=1S/C34H36N2O6/c1-22-9-8-10-24(13-22)25-15-27-19-35-29-18-33(31(40-4)17-28(29)34(38)36(27)20-25)42-12-7-5-6-11-41-32-14-23(2)26(21-37)16-30(32)39-3/h8-10,13-14,16-21,27H,5-7,11-12,15H2,1-4H3. The molecule has 0 spiro atoms. The van der Waals surface area contributed by atoms with Crippen LogP contribution < -0.4 is 18.9 Å². The Morgan fingerprint density at radius 3 is 2.31 bits per heavy atom. The number of carbonyl (C=O) groups is 2. The normalized spacial score (nSPS) is 15.4. The summed E-state index contributed by atoms with van der Waals surface area (Å²) >= 11 is 0. The van der Waals surface area contributed by atoms with Crippen molar-refractivity contribution in [3.63, 3.8) is 0 Å². The number of aliphatic imine (C=N–C) groups is 1. The van der Waals surface area contributed by atoms with Gasteiger partial charge in [0.25, 0.3) is 5.91 Å². The van der Waals surface area contributed by atoms with Gasteiger partial charge in [-0.25, -0.2) is 0 Å². The van der Waals surface area contributed by atoms with Crippen LogP contribution in [0.1, 0.15) is 63.1 Å². The molecule has 3 aromatic rings. The van der Waals surface area contributed by atoms with Gasteiger partial charge in [0, 0.05) is 30.5 Å². The van der Waals surface area contributed by atoms with Gasteiger partial charge in [-0.3, -0.25) is 14.6 Å². The van der Waals surface area contributed by atoms with Crippen molar-refractivity contribution in [2.45, 2.75) is 45.6 Å². The van der Waals surface area contributed by atoms with Crippen molar-refractivity contribution in [3.05, 3.63) is 82.5 Å². The molecule has 8 heteroatoms. The Morgan fingerprint density at radius 1 is 0.905 bits per heavy atom. The van der Waals surface area contributed by atoms with Crippen LogP contribution in [0.15, 0.2) is 59.7 Å². The minimum absolute atomic E-state index is 0.104. The zero-order chi connectivity index (χ0) is 29.6. The molecular formula is C34H36N2O6. The quantitative estimate of drug-likeness (QED) is 0.178. The summed E-state index contributed by atoms with van der Waals surface area (Å²) in [5, 5.41) is 0. The van der Waals surface area contributed by atoms with E-state index >= 15 is 0 Å². The third-order valence-corrected chi connectivity index (χ3v) is 7.59. The number of aryl methyl sites for hydroxylation is 2. The van der Waals surface area contributed by atoms with Crippen molar-refractivity contribution < 1.29 is 28.5 Å². The number of carbonyl (C=O) groups excluding carboxylic acids is 2. The Kier molecular flexibility index (Phi) is 8.91. The summed E-state index contributed by atoms with van der Waals surface area (Å²) in [5.74, 6) is 2.13. The molecule has 0 saturated heterocycles. The lowest BCUT2D eigenvalue weighted by molar-refractivity contribution is 0.0817. The summed E-state index contributed by atoms with van der Waals surface area (Å²) in [6.07, 6.45) is 7.86. The number of hydrogen-bond donors (Lipinski definition) is 0. The topological polar surface area (TPSA) is 86.7 Å². The first-order chi connectivity index (χ1) is 20.4. The maximum Gasteiger partial charge on any atom is 0.260 e. The highest BCUT2D eigenvalue weighted by Gasteiger charge is 2.33. The summed E-state index contributed by atoms with van der Waals surface area (Å²) in [5.41, 5.74) is 5.93. The van der Waals surface area contributed by atoms with Crippen LogP contribution in [0.3, 0.4) is 0 Å². The van der Waals surface area contributed by atoms with Crippen molar-refractivity contribution in [1.29, 1.82) is 0 Å². The first kappa shape index (κ1) is 28.9. The molecule has 0 saturated carbocycles. The van der Waals surface area contributed by atoms with Gasteiger partial charge in [0.05, 0.1) is 44.7 Å². The highest BCUT2D eigenvalue weighted by atomic mass is 16.5. The minimum Gasteiger partial charge on any atom is -0.493 e. The first-order valence-corrected chi connectivity index (χ1v) is 14.2. The Hall–Kier alpha value is -4.59. The van der Waals surface area contributed by atoms with Crippen LogP contribution in [-0.4, -0.2) is 56.8 Å². The van der Waals surface area contributed by atoms with Gasteiger partial charge in [-0.1, -0.05) is 29.8 Å². The smallest absolute Gasteiger partial charge is 0.260 e. The third kappa shape index (κ3) is 6.17. The monoisotopic (exact) mass is 568 g/mol. The molecule has 42 heavy (non-hydrogen) atoms. The zero-order valence-corrected chi connectivity index (χ0v) is 24.5. The molecule has 218 valence electrons. The summed E-state index contributed by atoms with van der Waals surface area (Å²) < 4.78 is 22.9. The summed E-state index contributed by atoms with van der Waals surface area (Å²) in [6.45, 7) is 4.94. The molecule has 2 heterocycles. The molecule has 2 aliphatic rings. The van der Waals surface area contributed by atoms with Crippen LogP contribution in [0.25, 0.3) is 5.57 Å². The molecule has 0 radical (unpaired) electrons. The molecular weight excluding hydrogens is 532 g/mol. The van der Waals surface area contributed by atoms with Crippen molar-refractivity contribution in [2.24, 2.45) is 4.99 Å². The Balaban J connectivity index is 1.17. The molecule has 0 bridgehead atoms. The molecule has 0 aliphatic carbocycles. The second kappa shape index (κ2) is 12.9. The minimum atomic E-state index is -0.134. The summed E-state index contributed by atoms with van der Waals surface area (Å²) in [4.78, 5) is 31.2. The third-order valence-electron chi connectivity index (χ3n) is 7.59. The highest BCUT2D eigenvalue weighted by Crippen LogP contribution is 2.40. The fraction of sp³-hybridized carbons (Fsp3) is 0.324. The second-order valence-electron chi connectivity index (χ2n) is 10.5. The molecule has 3 aromatic carbocycles. The van der Waals surface area contributed by atoms with Crippen LogP contribution in [-0.2, 0) is 0 Å². The van der Waals surface area contributed by atoms with Gasteiger partial charge in [-0.05, 0) is 68.0 Å². The molecule has 2 aliphatic heterocycles. The first-order valence-electron chi connectivity index (χ1n) is 14.2. The number of hydrogen-bond acceptors (Lipinski definition) is 7. The SMILES string of the molecule is COc1cc(C=O)c(C)cc1OCCCCCOc1cc2c(cc1OC)C(=O)N1C=C(c3cccc(C)c3)CC1C=N2. The van der Waals surface area contributed by atoms with Gasteiger partial charge in [0.15, 0.2) is 23.0 Å². The van der Waals surface area contributed by atoms with E-state index in [2.05, 4.69) is 30.1 Å². The largest absolute Gasteiger partial charge is 0.493 e. The predicted molar refractivity (Wildman–Crippen MR) is 163 cm³/mol. The van der Waals surface area contributed by atoms with Crippen LogP contribution >= 0.6 is 0 Å². The molecule has 1 unspecified atom stereocenters. The Labute approximate surface area is 246 Å². The lowest BCUT2D eigenvalue weighted by atomic mass is 10.0. The van der Waals surface area contributed by atoms with Crippen molar-refractivity contribution in [2.75, 3.05) is 27.4 Å². The number of fused-ring (bicyclic) bond motifs is 2. The van der Waals surface area contributed by atoms with Gasteiger partial charge < -0.3 is 23.8 Å². The number of nitrogens with zero attached hydrogens (tertiary/aromatic N) is 2. The van der Waals surface area contributed by atoms with Gasteiger partial charge in [-0.2, -0.15) is 0 Å². The zero-order valence-electron chi connectivity index (χ0n) is 24.5. The van der Waals surface area contributed by atoms with Crippen molar-refractivity contribution in [3.8, 4) is 23.0 Å². The Morgan fingerprint density at radius 2 is 1.62 bits per heavy atom. The average Bonchev–Trinajstić information content (AvgIpc) is 3.38. The van der Waals surface area contributed by atoms with E-state index in [-0.39, 0.29) is 11.9 Å². The number of aldehydes is 1. The van der Waals surface area contributed by atoms with Crippen LogP contribution in [0.4, 0.5) is 5.69 Å². The number of amides is 1. The average molecular weight is 569 g/mol. The molecule has 8 nitrogen and oxygen atoms in total. The van der Waals surface area contributed by atoms with Gasteiger partial charge in [0.2, 0.25) is 0 Å². The summed E-state index contributed by atoms with van der Waals surface area (Å²) in [6, 6.07) is 15.2. The molecule has 5 rings (SSSR count). The van der Waals surface area contributed by atoms with E-state index < -0.39 is 0 Å². The molecule has 0 fully saturated rings. The van der Waals surface area contributed by atoms with Crippen LogP contribution in [0, 0.1) is 13.8 Å². The fourth-order valence-electron chi connectivity index (χ4n) is 5.24. The van der Waals surface area contributed by atoms with E-state index in [0.29, 0.717) is 59.4 Å². The maximum absolute atomic E-state index is 13.6. The van der Waals surface area contributed by atoms with Gasteiger partial charge in [-0.15, -0.1) is 0 Å². The van der Waals surface area contributed by atoms with E-state index in [4.69, 9.17) is 18.9 Å². The van der Waals surface area contributed by atoms with E-state index in [0.717, 1.165) is 42.2 Å². The molecule has 1 atom stereocenters. The number of benzene rings is 3. The van der Waals surface area contributed by atoms with E-state index in [1.165, 1.54) is 5.56 Å². The number of ether oxygens (including phenoxy) is 4. The highest BCUT2D eigenvalue weighted by molar-refractivity contribution is 6.05. The Bertz CT molecular complexity index is 1540.